The molecule has 1 aromatic rings. The van der Waals surface area contributed by atoms with Gasteiger partial charge < -0.3 is 0 Å². The van der Waals surface area contributed by atoms with Gasteiger partial charge in [-0.25, -0.2) is 4.39 Å². The predicted octanol–water partition coefficient (Wildman–Crippen LogP) is 2.87. The lowest BCUT2D eigenvalue weighted by atomic mass is 9.99. The first-order chi connectivity index (χ1) is 8.19. The highest BCUT2D eigenvalue weighted by Crippen LogP contribution is 2.19. The Labute approximate surface area is 101 Å². The van der Waals surface area contributed by atoms with Crippen molar-refractivity contribution in [1.82, 2.24) is 4.90 Å². The first-order valence-corrected chi connectivity index (χ1v) is 6.15. The van der Waals surface area contributed by atoms with Crippen LogP contribution < -0.4 is 0 Å². The molecule has 0 N–H and O–H groups in total. The van der Waals surface area contributed by atoms with Crippen LogP contribution in [0.2, 0.25) is 0 Å². The van der Waals surface area contributed by atoms with Crippen molar-refractivity contribution in [1.29, 1.82) is 0 Å². The molecule has 1 saturated heterocycles. The molecule has 3 heteroatoms. The van der Waals surface area contributed by atoms with Crippen LogP contribution in [0.5, 0.6) is 0 Å². The van der Waals surface area contributed by atoms with E-state index in [0.29, 0.717) is 29.9 Å². The maximum atomic E-state index is 13.7. The molecule has 1 heterocycles. The summed E-state index contributed by atoms with van der Waals surface area (Å²) in [5, 5.41) is 0. The van der Waals surface area contributed by atoms with E-state index in [2.05, 4.69) is 11.8 Å². The fraction of sp³-hybridized carbons (Fsp3) is 0.500. The molecule has 0 aliphatic carbocycles. The summed E-state index contributed by atoms with van der Waals surface area (Å²) in [5.41, 5.74) is 1.09. The minimum absolute atomic E-state index is 0.271. The van der Waals surface area contributed by atoms with Gasteiger partial charge in [0.15, 0.2) is 0 Å². The molecule has 1 unspecified atom stereocenters. The molecule has 0 aromatic heterocycles. The van der Waals surface area contributed by atoms with Crippen LogP contribution in [-0.2, 0) is 6.54 Å². The van der Waals surface area contributed by atoms with E-state index in [1.807, 2.05) is 0 Å². The van der Waals surface area contributed by atoms with Gasteiger partial charge in [0.25, 0.3) is 0 Å². The SMILES string of the molecule is CC1CCCN(Cc2ccc(C=O)cc2F)C1. The van der Waals surface area contributed by atoms with Crippen molar-refractivity contribution in [3.8, 4) is 0 Å². The zero-order valence-electron chi connectivity index (χ0n) is 10.2. The Hall–Kier alpha value is -1.22. The Morgan fingerprint density at radius 1 is 1.53 bits per heavy atom. The van der Waals surface area contributed by atoms with Crippen LogP contribution in [0.3, 0.4) is 0 Å². The summed E-state index contributed by atoms with van der Waals surface area (Å²) in [5.74, 6) is 0.425. The van der Waals surface area contributed by atoms with Gasteiger partial charge in [-0.1, -0.05) is 19.1 Å². The minimum atomic E-state index is -0.271. The van der Waals surface area contributed by atoms with Gasteiger partial charge in [-0.05, 0) is 31.4 Å². The standard InChI is InChI=1S/C14H18FNO/c1-11-3-2-6-16(8-11)9-13-5-4-12(10-17)7-14(13)15/h4-5,7,10-11H,2-3,6,8-9H2,1H3. The molecular formula is C14H18FNO. The van der Waals surface area contributed by atoms with E-state index in [-0.39, 0.29) is 5.82 Å². The molecular weight excluding hydrogens is 217 g/mol. The van der Waals surface area contributed by atoms with Gasteiger partial charge in [0, 0.05) is 24.2 Å². The lowest BCUT2D eigenvalue weighted by Gasteiger charge is -2.30. The summed E-state index contributed by atoms with van der Waals surface area (Å²) in [6.07, 6.45) is 3.13. The zero-order valence-corrected chi connectivity index (χ0v) is 10.2. The van der Waals surface area contributed by atoms with Gasteiger partial charge in [0.2, 0.25) is 0 Å². The summed E-state index contributed by atoms with van der Waals surface area (Å²) in [7, 11) is 0. The zero-order chi connectivity index (χ0) is 12.3. The fourth-order valence-electron chi connectivity index (χ4n) is 2.44. The molecule has 1 aliphatic rings. The quantitative estimate of drug-likeness (QED) is 0.751. The second-order valence-electron chi connectivity index (χ2n) is 4.95. The van der Waals surface area contributed by atoms with Crippen LogP contribution in [-0.4, -0.2) is 24.3 Å². The first kappa shape index (κ1) is 12.2. The molecule has 0 amide bonds. The number of aldehydes is 1. The number of hydrogen-bond donors (Lipinski definition) is 0. The number of halogens is 1. The third-order valence-corrected chi connectivity index (χ3v) is 3.35. The van der Waals surface area contributed by atoms with Crippen molar-refractivity contribution in [3.63, 3.8) is 0 Å². The molecule has 2 rings (SSSR count). The van der Waals surface area contributed by atoms with E-state index in [9.17, 15) is 9.18 Å². The number of carbonyl (C=O) groups is 1. The lowest BCUT2D eigenvalue weighted by molar-refractivity contribution is 0.112. The van der Waals surface area contributed by atoms with Crippen molar-refractivity contribution in [2.24, 2.45) is 5.92 Å². The second kappa shape index (κ2) is 5.41. The topological polar surface area (TPSA) is 20.3 Å². The molecule has 1 aromatic carbocycles. The molecule has 0 bridgehead atoms. The van der Waals surface area contributed by atoms with Gasteiger partial charge in [-0.3, -0.25) is 9.69 Å². The van der Waals surface area contributed by atoms with E-state index in [4.69, 9.17) is 0 Å². The third kappa shape index (κ3) is 3.13. The number of hydrogen-bond acceptors (Lipinski definition) is 2. The average molecular weight is 235 g/mol. The Morgan fingerprint density at radius 3 is 3.00 bits per heavy atom. The van der Waals surface area contributed by atoms with Crippen molar-refractivity contribution in [3.05, 3.63) is 35.1 Å². The normalized spacial score (nSPS) is 21.4. The van der Waals surface area contributed by atoms with E-state index >= 15 is 0 Å². The smallest absolute Gasteiger partial charge is 0.150 e. The van der Waals surface area contributed by atoms with Gasteiger partial charge in [0.1, 0.15) is 12.1 Å². The van der Waals surface area contributed by atoms with Crippen LogP contribution in [0.15, 0.2) is 18.2 Å². The van der Waals surface area contributed by atoms with Gasteiger partial charge in [-0.15, -0.1) is 0 Å². The largest absolute Gasteiger partial charge is 0.299 e. The van der Waals surface area contributed by atoms with Crippen LogP contribution in [0.4, 0.5) is 4.39 Å². The summed E-state index contributed by atoms with van der Waals surface area (Å²) >= 11 is 0. The number of likely N-dealkylation sites (tertiary alicyclic amines) is 1. The molecule has 0 saturated carbocycles. The maximum absolute atomic E-state index is 13.7. The molecule has 92 valence electrons. The molecule has 1 atom stereocenters. The molecule has 2 nitrogen and oxygen atoms in total. The highest BCUT2D eigenvalue weighted by molar-refractivity contribution is 5.74. The van der Waals surface area contributed by atoms with Crippen molar-refractivity contribution >= 4 is 6.29 Å². The minimum Gasteiger partial charge on any atom is -0.299 e. The maximum Gasteiger partial charge on any atom is 0.150 e. The Kier molecular flexibility index (Phi) is 3.89. The van der Waals surface area contributed by atoms with Gasteiger partial charge in [0.05, 0.1) is 0 Å². The van der Waals surface area contributed by atoms with Crippen molar-refractivity contribution < 1.29 is 9.18 Å². The number of piperidine rings is 1. The molecule has 0 radical (unpaired) electrons. The Bertz CT molecular complexity index is 405. The van der Waals surface area contributed by atoms with E-state index in [0.717, 1.165) is 13.1 Å². The predicted molar refractivity (Wildman–Crippen MR) is 65.5 cm³/mol. The number of rotatable bonds is 3. The molecule has 1 aliphatic heterocycles. The van der Waals surface area contributed by atoms with Gasteiger partial charge >= 0.3 is 0 Å². The highest BCUT2D eigenvalue weighted by atomic mass is 19.1. The van der Waals surface area contributed by atoms with Crippen LogP contribution in [0.1, 0.15) is 35.7 Å². The summed E-state index contributed by atoms with van der Waals surface area (Å²) in [6.45, 7) is 4.96. The number of carbonyl (C=O) groups excluding carboxylic acids is 1. The average Bonchev–Trinajstić information content (AvgIpc) is 2.32. The lowest BCUT2D eigenvalue weighted by Crippen LogP contribution is -2.33. The van der Waals surface area contributed by atoms with Crippen molar-refractivity contribution in [2.75, 3.05) is 13.1 Å². The van der Waals surface area contributed by atoms with Crippen LogP contribution in [0.25, 0.3) is 0 Å². The summed E-state index contributed by atoms with van der Waals surface area (Å²) in [4.78, 5) is 12.8. The van der Waals surface area contributed by atoms with Crippen LogP contribution in [0, 0.1) is 11.7 Å². The summed E-state index contributed by atoms with van der Waals surface area (Å²) < 4.78 is 13.7. The van der Waals surface area contributed by atoms with Crippen LogP contribution >= 0.6 is 0 Å². The highest BCUT2D eigenvalue weighted by Gasteiger charge is 2.17. The van der Waals surface area contributed by atoms with Gasteiger partial charge in [-0.2, -0.15) is 0 Å². The number of benzene rings is 1. The third-order valence-electron chi connectivity index (χ3n) is 3.35. The second-order valence-corrected chi connectivity index (χ2v) is 4.95. The van der Waals surface area contributed by atoms with E-state index in [1.54, 1.807) is 12.1 Å². The van der Waals surface area contributed by atoms with Crippen molar-refractivity contribution in [2.45, 2.75) is 26.3 Å². The molecule has 1 fully saturated rings. The molecule has 17 heavy (non-hydrogen) atoms. The first-order valence-electron chi connectivity index (χ1n) is 6.15. The number of nitrogens with zero attached hydrogens (tertiary/aromatic N) is 1. The molecule has 0 spiro atoms. The van der Waals surface area contributed by atoms with E-state index in [1.165, 1.54) is 18.9 Å². The monoisotopic (exact) mass is 235 g/mol. The fourth-order valence-corrected chi connectivity index (χ4v) is 2.44. The Morgan fingerprint density at radius 2 is 2.35 bits per heavy atom. The summed E-state index contributed by atoms with van der Waals surface area (Å²) in [6, 6.07) is 4.72. The Balaban J connectivity index is 2.05. The van der Waals surface area contributed by atoms with E-state index < -0.39 is 0 Å².